The third-order valence-corrected chi connectivity index (χ3v) is 4.69. The molecule has 0 radical (unpaired) electrons. The highest BCUT2D eigenvalue weighted by molar-refractivity contribution is 7.15. The molecule has 1 aromatic heterocycles. The minimum atomic E-state index is 0.751. The van der Waals surface area contributed by atoms with E-state index in [-0.39, 0.29) is 0 Å². The van der Waals surface area contributed by atoms with Crippen LogP contribution in [0, 0.1) is 12.8 Å². The van der Waals surface area contributed by atoms with Crippen molar-refractivity contribution in [3.8, 4) is 0 Å². The Morgan fingerprint density at radius 1 is 1.44 bits per heavy atom. The topological polar surface area (TPSA) is 37.4 Å². The van der Waals surface area contributed by atoms with Gasteiger partial charge in [-0.2, -0.15) is 0 Å². The van der Waals surface area contributed by atoms with Gasteiger partial charge < -0.3 is 15.0 Å². The van der Waals surface area contributed by atoms with Crippen LogP contribution in [0.3, 0.4) is 0 Å². The summed E-state index contributed by atoms with van der Waals surface area (Å²) in [5, 5.41) is 4.34. The fourth-order valence-corrected chi connectivity index (χ4v) is 3.34. The Labute approximate surface area is 113 Å². The molecule has 1 aliphatic heterocycles. The first kappa shape index (κ1) is 13.8. The molecule has 4 nitrogen and oxygen atoms in total. The standard InChI is InChI=1S/C13H23N3OS/c1-10-12(8-14-2)18-13(15-10)16(3)9-11-4-6-17-7-5-11/h11,14H,4-9H2,1-3H3. The highest BCUT2D eigenvalue weighted by atomic mass is 32.1. The average molecular weight is 269 g/mol. The van der Waals surface area contributed by atoms with Crippen molar-refractivity contribution in [1.82, 2.24) is 10.3 Å². The van der Waals surface area contributed by atoms with Gasteiger partial charge in [-0.25, -0.2) is 4.98 Å². The average Bonchev–Trinajstić information content (AvgIpc) is 2.73. The fourth-order valence-electron chi connectivity index (χ4n) is 2.29. The Kier molecular flexibility index (Phi) is 4.97. The summed E-state index contributed by atoms with van der Waals surface area (Å²) in [5.74, 6) is 0.751. The number of ether oxygens (including phenoxy) is 1. The zero-order chi connectivity index (χ0) is 13.0. The molecule has 18 heavy (non-hydrogen) atoms. The van der Waals surface area contributed by atoms with Crippen molar-refractivity contribution in [3.05, 3.63) is 10.6 Å². The van der Waals surface area contributed by atoms with Gasteiger partial charge in [0.2, 0.25) is 0 Å². The quantitative estimate of drug-likeness (QED) is 0.887. The number of aryl methyl sites for hydroxylation is 1. The van der Waals surface area contributed by atoms with E-state index >= 15 is 0 Å². The molecule has 0 aromatic carbocycles. The molecule has 0 amide bonds. The van der Waals surface area contributed by atoms with Crippen LogP contribution in [-0.2, 0) is 11.3 Å². The summed E-state index contributed by atoms with van der Waals surface area (Å²) >= 11 is 1.80. The molecular formula is C13H23N3OS. The van der Waals surface area contributed by atoms with Crippen LogP contribution < -0.4 is 10.2 Å². The maximum absolute atomic E-state index is 5.40. The summed E-state index contributed by atoms with van der Waals surface area (Å²) in [4.78, 5) is 8.31. The van der Waals surface area contributed by atoms with Crippen molar-refractivity contribution in [2.24, 2.45) is 5.92 Å². The highest BCUT2D eigenvalue weighted by Gasteiger charge is 2.18. The first-order chi connectivity index (χ1) is 8.70. The molecule has 2 heterocycles. The van der Waals surface area contributed by atoms with Gasteiger partial charge in [0.15, 0.2) is 5.13 Å². The van der Waals surface area contributed by atoms with Crippen molar-refractivity contribution in [2.45, 2.75) is 26.3 Å². The Morgan fingerprint density at radius 2 is 2.17 bits per heavy atom. The molecular weight excluding hydrogens is 246 g/mol. The minimum Gasteiger partial charge on any atom is -0.381 e. The number of thiazole rings is 1. The van der Waals surface area contributed by atoms with E-state index in [0.717, 1.165) is 43.0 Å². The molecule has 5 heteroatoms. The van der Waals surface area contributed by atoms with E-state index in [1.165, 1.54) is 17.7 Å². The second-order valence-corrected chi connectivity index (χ2v) is 6.03. The molecule has 1 N–H and O–H groups in total. The van der Waals surface area contributed by atoms with Crippen LogP contribution in [0.4, 0.5) is 5.13 Å². The maximum Gasteiger partial charge on any atom is 0.185 e. The van der Waals surface area contributed by atoms with Crippen LogP contribution in [0.2, 0.25) is 0 Å². The van der Waals surface area contributed by atoms with E-state index in [1.54, 1.807) is 11.3 Å². The van der Waals surface area contributed by atoms with E-state index in [1.807, 2.05) is 7.05 Å². The van der Waals surface area contributed by atoms with Crippen molar-refractivity contribution in [2.75, 3.05) is 38.8 Å². The molecule has 1 aliphatic rings. The molecule has 0 unspecified atom stereocenters. The largest absolute Gasteiger partial charge is 0.381 e. The highest BCUT2D eigenvalue weighted by Crippen LogP contribution is 2.27. The molecule has 102 valence electrons. The number of nitrogens with one attached hydrogen (secondary N) is 1. The van der Waals surface area contributed by atoms with Gasteiger partial charge in [0.05, 0.1) is 5.69 Å². The normalized spacial score (nSPS) is 17.1. The number of anilines is 1. The van der Waals surface area contributed by atoms with Crippen molar-refractivity contribution in [1.29, 1.82) is 0 Å². The van der Waals surface area contributed by atoms with Gasteiger partial charge in [0.1, 0.15) is 0 Å². The summed E-state index contributed by atoms with van der Waals surface area (Å²) in [6.07, 6.45) is 2.36. The zero-order valence-electron chi connectivity index (χ0n) is 11.5. The predicted molar refractivity (Wildman–Crippen MR) is 76.4 cm³/mol. The van der Waals surface area contributed by atoms with Gasteiger partial charge in [-0.05, 0) is 32.7 Å². The lowest BCUT2D eigenvalue weighted by atomic mass is 10.0. The van der Waals surface area contributed by atoms with Gasteiger partial charge in [-0.3, -0.25) is 0 Å². The fraction of sp³-hybridized carbons (Fsp3) is 0.769. The third-order valence-electron chi connectivity index (χ3n) is 3.42. The maximum atomic E-state index is 5.40. The smallest absolute Gasteiger partial charge is 0.185 e. The molecule has 1 saturated heterocycles. The molecule has 2 rings (SSSR count). The second-order valence-electron chi connectivity index (χ2n) is 4.97. The summed E-state index contributed by atoms with van der Waals surface area (Å²) in [6.45, 7) is 5.93. The van der Waals surface area contributed by atoms with Crippen LogP contribution in [0.1, 0.15) is 23.4 Å². The monoisotopic (exact) mass is 269 g/mol. The lowest BCUT2D eigenvalue weighted by Crippen LogP contribution is -2.29. The Bertz CT molecular complexity index is 374. The SMILES string of the molecule is CNCc1sc(N(C)CC2CCOCC2)nc1C. The van der Waals surface area contributed by atoms with Gasteiger partial charge in [0.25, 0.3) is 0 Å². The van der Waals surface area contributed by atoms with Crippen molar-refractivity contribution < 1.29 is 4.74 Å². The van der Waals surface area contributed by atoms with Crippen LogP contribution in [-0.4, -0.2) is 38.8 Å². The third kappa shape index (κ3) is 3.43. The van der Waals surface area contributed by atoms with Gasteiger partial charge in [-0.15, -0.1) is 11.3 Å². The molecule has 1 fully saturated rings. The Morgan fingerprint density at radius 3 is 2.83 bits per heavy atom. The van der Waals surface area contributed by atoms with Crippen molar-refractivity contribution in [3.63, 3.8) is 0 Å². The number of hydrogen-bond donors (Lipinski definition) is 1. The van der Waals surface area contributed by atoms with E-state index in [4.69, 9.17) is 4.74 Å². The number of aromatic nitrogens is 1. The van der Waals surface area contributed by atoms with Gasteiger partial charge in [-0.1, -0.05) is 0 Å². The number of rotatable bonds is 5. The van der Waals surface area contributed by atoms with E-state index in [0.29, 0.717) is 0 Å². The second kappa shape index (κ2) is 6.50. The summed E-state index contributed by atoms with van der Waals surface area (Å²) in [7, 11) is 4.13. The lowest BCUT2D eigenvalue weighted by Gasteiger charge is -2.26. The Balaban J connectivity index is 1.95. The van der Waals surface area contributed by atoms with Gasteiger partial charge in [0, 0.05) is 38.2 Å². The van der Waals surface area contributed by atoms with Crippen LogP contribution in [0.25, 0.3) is 0 Å². The molecule has 0 spiro atoms. The molecule has 1 aromatic rings. The minimum absolute atomic E-state index is 0.751. The zero-order valence-corrected chi connectivity index (χ0v) is 12.3. The number of hydrogen-bond acceptors (Lipinski definition) is 5. The molecule has 0 aliphatic carbocycles. The predicted octanol–water partition coefficient (Wildman–Crippen LogP) is 2.03. The van der Waals surface area contributed by atoms with Crippen molar-refractivity contribution >= 4 is 16.5 Å². The van der Waals surface area contributed by atoms with Crippen LogP contribution in [0.15, 0.2) is 0 Å². The van der Waals surface area contributed by atoms with Crippen LogP contribution in [0.5, 0.6) is 0 Å². The van der Waals surface area contributed by atoms with E-state index in [2.05, 4.69) is 29.2 Å². The summed E-state index contributed by atoms with van der Waals surface area (Å²) in [5.41, 5.74) is 1.16. The lowest BCUT2D eigenvalue weighted by molar-refractivity contribution is 0.0685. The summed E-state index contributed by atoms with van der Waals surface area (Å²) in [6, 6.07) is 0. The first-order valence-corrected chi connectivity index (χ1v) is 7.42. The molecule has 0 atom stereocenters. The molecule has 0 saturated carbocycles. The summed E-state index contributed by atoms with van der Waals surface area (Å²) < 4.78 is 5.40. The molecule has 0 bridgehead atoms. The van der Waals surface area contributed by atoms with E-state index < -0.39 is 0 Å². The van der Waals surface area contributed by atoms with Crippen LogP contribution >= 0.6 is 11.3 Å². The van der Waals surface area contributed by atoms with E-state index in [9.17, 15) is 0 Å². The number of nitrogens with zero attached hydrogens (tertiary/aromatic N) is 2. The van der Waals surface area contributed by atoms with Gasteiger partial charge >= 0.3 is 0 Å². The Hall–Kier alpha value is -0.650. The first-order valence-electron chi connectivity index (χ1n) is 6.60.